The van der Waals surface area contributed by atoms with Crippen molar-refractivity contribution in [1.29, 1.82) is 0 Å². The molecule has 0 radical (unpaired) electrons. The summed E-state index contributed by atoms with van der Waals surface area (Å²) in [5.41, 5.74) is 4.72. The summed E-state index contributed by atoms with van der Waals surface area (Å²) < 4.78 is 25.0. The maximum Gasteiger partial charge on any atom is 0.238 e. The highest BCUT2D eigenvalue weighted by atomic mass is 35.5. The van der Waals surface area contributed by atoms with Crippen LogP contribution in [-0.4, -0.2) is 24.2 Å². The zero-order chi connectivity index (χ0) is 20.1. The number of anilines is 1. The first-order chi connectivity index (χ1) is 13.3. The minimum Gasteiger partial charge on any atom is -0.364 e. The largest absolute Gasteiger partial charge is 0.364 e. The van der Waals surface area contributed by atoms with E-state index in [9.17, 15) is 8.42 Å². The van der Waals surface area contributed by atoms with E-state index in [-0.39, 0.29) is 10.9 Å². The van der Waals surface area contributed by atoms with Crippen LogP contribution in [-0.2, 0) is 23.0 Å². The fourth-order valence-corrected chi connectivity index (χ4v) is 4.61. The highest BCUT2D eigenvalue weighted by molar-refractivity contribution is 7.89. The summed E-state index contributed by atoms with van der Waals surface area (Å²) in [5, 5.41) is 10.5. The number of benzene rings is 2. The number of halogens is 1. The van der Waals surface area contributed by atoms with Crippen molar-refractivity contribution in [3.63, 3.8) is 0 Å². The van der Waals surface area contributed by atoms with E-state index in [2.05, 4.69) is 16.9 Å². The molecule has 2 aromatic carbocycles. The molecule has 8 heteroatoms. The normalized spacial score (nSPS) is 16.4. The zero-order valence-electron chi connectivity index (χ0n) is 15.6. The highest BCUT2D eigenvalue weighted by Crippen LogP contribution is 2.36. The second-order valence-electron chi connectivity index (χ2n) is 7.12. The Morgan fingerprint density at radius 1 is 1.21 bits per heavy atom. The van der Waals surface area contributed by atoms with Crippen LogP contribution in [0.4, 0.5) is 5.69 Å². The number of rotatable bonds is 4. The van der Waals surface area contributed by atoms with Crippen LogP contribution in [0.2, 0.25) is 5.15 Å². The second kappa shape index (κ2) is 6.92. The monoisotopic (exact) mass is 416 g/mol. The molecule has 1 aliphatic rings. The van der Waals surface area contributed by atoms with Crippen LogP contribution in [0, 0.1) is 6.92 Å². The molecule has 28 heavy (non-hydrogen) atoms. The van der Waals surface area contributed by atoms with Crippen LogP contribution in [0.15, 0.2) is 53.4 Å². The molecule has 3 aromatic rings. The van der Waals surface area contributed by atoms with Crippen LogP contribution in [0.3, 0.4) is 0 Å². The van der Waals surface area contributed by atoms with E-state index in [0.29, 0.717) is 11.7 Å². The van der Waals surface area contributed by atoms with Gasteiger partial charge >= 0.3 is 0 Å². The number of primary sulfonamides is 1. The minimum absolute atomic E-state index is 0.145. The van der Waals surface area contributed by atoms with Gasteiger partial charge in [-0.3, -0.25) is 0 Å². The van der Waals surface area contributed by atoms with Crippen molar-refractivity contribution in [3.05, 3.63) is 70.5 Å². The van der Waals surface area contributed by atoms with Gasteiger partial charge in [0.2, 0.25) is 10.0 Å². The third-order valence-electron chi connectivity index (χ3n) is 5.19. The molecule has 0 bridgehead atoms. The number of sulfonamides is 1. The van der Waals surface area contributed by atoms with Gasteiger partial charge in [-0.05, 0) is 56.2 Å². The molecular weight excluding hydrogens is 396 g/mol. The van der Waals surface area contributed by atoms with Crippen LogP contribution < -0.4 is 10.0 Å². The van der Waals surface area contributed by atoms with Gasteiger partial charge in [-0.1, -0.05) is 29.8 Å². The van der Waals surface area contributed by atoms with Gasteiger partial charge in [0.15, 0.2) is 0 Å². The summed E-state index contributed by atoms with van der Waals surface area (Å²) in [7, 11) is -3.71. The van der Waals surface area contributed by atoms with Crippen LogP contribution in [0.25, 0.3) is 5.69 Å². The topological polar surface area (TPSA) is 81.2 Å². The standard InChI is InChI=1S/C20H21ClN4O2S/c1-13-10-15-11-17(28(22,26)27)8-9-19(15)24(13)12-18-14(2)23-25(20(18)21)16-6-4-3-5-7-16/h3-9,11,13H,10,12H2,1-2H3,(H2,22,26,27)/t13-/m0/s1. The van der Waals surface area contributed by atoms with Gasteiger partial charge in [0.1, 0.15) is 5.15 Å². The Kier molecular flexibility index (Phi) is 4.69. The molecule has 146 valence electrons. The lowest BCUT2D eigenvalue weighted by atomic mass is 10.1. The zero-order valence-corrected chi connectivity index (χ0v) is 17.2. The lowest BCUT2D eigenvalue weighted by molar-refractivity contribution is 0.597. The summed E-state index contributed by atoms with van der Waals surface area (Å²) in [4.78, 5) is 2.37. The van der Waals surface area contributed by atoms with E-state index >= 15 is 0 Å². The Bertz CT molecular complexity index is 1140. The van der Waals surface area contributed by atoms with Crippen molar-refractivity contribution < 1.29 is 8.42 Å². The maximum absolute atomic E-state index is 11.6. The summed E-state index contributed by atoms with van der Waals surface area (Å²) in [6.07, 6.45) is 0.752. The lowest BCUT2D eigenvalue weighted by Crippen LogP contribution is -2.28. The van der Waals surface area contributed by atoms with Crippen molar-refractivity contribution >= 4 is 27.3 Å². The predicted octanol–water partition coefficient (Wildman–Crippen LogP) is 3.43. The molecular formula is C20H21ClN4O2S. The smallest absolute Gasteiger partial charge is 0.238 e. The molecule has 0 unspecified atom stereocenters. The van der Waals surface area contributed by atoms with E-state index in [1.165, 1.54) is 0 Å². The Labute approximate surface area is 169 Å². The van der Waals surface area contributed by atoms with Crippen LogP contribution >= 0.6 is 11.6 Å². The number of hydrogen-bond donors (Lipinski definition) is 1. The predicted molar refractivity (Wildman–Crippen MR) is 110 cm³/mol. The van der Waals surface area contributed by atoms with E-state index in [4.69, 9.17) is 16.7 Å². The molecule has 4 rings (SSSR count). The van der Waals surface area contributed by atoms with Crippen molar-refractivity contribution in [3.8, 4) is 5.69 Å². The van der Waals surface area contributed by atoms with Gasteiger partial charge in [0.05, 0.1) is 16.3 Å². The number of nitrogens with zero attached hydrogens (tertiary/aromatic N) is 3. The SMILES string of the molecule is Cc1nn(-c2ccccc2)c(Cl)c1CN1c2ccc(S(N)(=O)=O)cc2C[C@@H]1C. The molecule has 2 N–H and O–H groups in total. The van der Waals surface area contributed by atoms with Gasteiger partial charge in [-0.15, -0.1) is 0 Å². The van der Waals surface area contributed by atoms with E-state index in [1.807, 2.05) is 43.3 Å². The molecule has 0 fully saturated rings. The molecule has 0 spiro atoms. The average Bonchev–Trinajstić information content (AvgIpc) is 3.12. The Hall–Kier alpha value is -2.35. The van der Waals surface area contributed by atoms with Gasteiger partial charge in [-0.2, -0.15) is 5.10 Å². The number of fused-ring (bicyclic) bond motifs is 1. The van der Waals surface area contributed by atoms with E-state index < -0.39 is 10.0 Å². The molecule has 1 aromatic heterocycles. The quantitative estimate of drug-likeness (QED) is 0.706. The molecule has 1 aliphatic heterocycles. The van der Waals surface area contributed by atoms with Crippen LogP contribution in [0.1, 0.15) is 23.7 Å². The summed E-state index contributed by atoms with van der Waals surface area (Å²) in [6, 6.07) is 15.0. The second-order valence-corrected chi connectivity index (χ2v) is 9.04. The number of aromatic nitrogens is 2. The minimum atomic E-state index is -3.71. The maximum atomic E-state index is 11.6. The number of nitrogens with two attached hydrogens (primary N) is 1. The Morgan fingerprint density at radius 3 is 2.61 bits per heavy atom. The molecule has 6 nitrogen and oxygen atoms in total. The van der Waals surface area contributed by atoms with Crippen molar-refractivity contribution in [2.75, 3.05) is 4.90 Å². The fourth-order valence-electron chi connectivity index (χ4n) is 3.71. The van der Waals surface area contributed by atoms with Crippen molar-refractivity contribution in [1.82, 2.24) is 9.78 Å². The fraction of sp³-hybridized carbons (Fsp3) is 0.250. The van der Waals surface area contributed by atoms with Gasteiger partial charge in [0.25, 0.3) is 0 Å². The van der Waals surface area contributed by atoms with Crippen molar-refractivity contribution in [2.45, 2.75) is 37.8 Å². The lowest BCUT2D eigenvalue weighted by Gasteiger charge is -2.25. The third-order valence-corrected chi connectivity index (χ3v) is 6.49. The highest BCUT2D eigenvalue weighted by Gasteiger charge is 2.29. The summed E-state index contributed by atoms with van der Waals surface area (Å²) in [6.45, 7) is 4.66. The van der Waals surface area contributed by atoms with Gasteiger partial charge < -0.3 is 4.90 Å². The molecule has 1 atom stereocenters. The number of hydrogen-bond acceptors (Lipinski definition) is 4. The third kappa shape index (κ3) is 3.30. The molecule has 0 saturated carbocycles. The van der Waals surface area contributed by atoms with Crippen molar-refractivity contribution in [2.24, 2.45) is 5.14 Å². The first-order valence-electron chi connectivity index (χ1n) is 8.97. The number of aryl methyl sites for hydroxylation is 1. The Balaban J connectivity index is 1.69. The first kappa shape index (κ1) is 19.0. The van der Waals surface area contributed by atoms with E-state index in [1.54, 1.807) is 16.8 Å². The van der Waals surface area contributed by atoms with E-state index in [0.717, 1.165) is 34.6 Å². The molecule has 0 saturated heterocycles. The summed E-state index contributed by atoms with van der Waals surface area (Å²) >= 11 is 6.68. The van der Waals surface area contributed by atoms with Gasteiger partial charge in [0, 0.05) is 23.8 Å². The van der Waals surface area contributed by atoms with Gasteiger partial charge in [-0.25, -0.2) is 18.2 Å². The first-order valence-corrected chi connectivity index (χ1v) is 10.9. The molecule has 0 amide bonds. The summed E-state index contributed by atoms with van der Waals surface area (Å²) in [5.74, 6) is 0. The Morgan fingerprint density at radius 2 is 1.93 bits per heavy atom. The molecule has 0 aliphatic carbocycles. The average molecular weight is 417 g/mol. The van der Waals surface area contributed by atoms with Crippen LogP contribution in [0.5, 0.6) is 0 Å². The molecule has 2 heterocycles. The number of para-hydroxylation sites is 1.